The second-order valence-corrected chi connectivity index (χ2v) is 5.09. The number of rotatable bonds is 1. The molecule has 0 spiro atoms. The van der Waals surface area contributed by atoms with Crippen LogP contribution >= 0.6 is 0 Å². The van der Waals surface area contributed by atoms with E-state index in [0.717, 1.165) is 24.1 Å². The predicted octanol–water partition coefficient (Wildman–Crippen LogP) is 0.484. The summed E-state index contributed by atoms with van der Waals surface area (Å²) in [6, 6.07) is 7.84. The van der Waals surface area contributed by atoms with E-state index in [1.807, 2.05) is 24.3 Å². The minimum Gasteiger partial charge on any atom is -0.391 e. The number of piperidine rings is 1. The van der Waals surface area contributed by atoms with Gasteiger partial charge in [0.15, 0.2) is 5.78 Å². The average Bonchev–Trinajstić information content (AvgIpc) is 2.41. The second kappa shape index (κ2) is 4.80. The van der Waals surface area contributed by atoms with Gasteiger partial charge in [0.1, 0.15) is 0 Å². The van der Waals surface area contributed by atoms with Crippen LogP contribution in [0.3, 0.4) is 0 Å². The molecule has 4 nitrogen and oxygen atoms in total. The van der Waals surface area contributed by atoms with Crippen molar-refractivity contribution >= 4 is 5.78 Å². The maximum absolute atomic E-state index is 11.9. The van der Waals surface area contributed by atoms with Crippen molar-refractivity contribution in [3.8, 4) is 0 Å². The number of β-amino-alcohol motifs (C(OH)–C–C–N with tert-alkyl or cyclic N) is 1. The Hall–Kier alpha value is -1.23. The fourth-order valence-corrected chi connectivity index (χ4v) is 3.06. The van der Waals surface area contributed by atoms with E-state index in [1.165, 1.54) is 0 Å². The minimum atomic E-state index is -0.350. The first kappa shape index (κ1) is 11.8. The summed E-state index contributed by atoms with van der Waals surface area (Å²) in [6.07, 6.45) is 0.582. The van der Waals surface area contributed by atoms with E-state index < -0.39 is 0 Å². The summed E-state index contributed by atoms with van der Waals surface area (Å²) in [6.45, 7) is 1.94. The molecule has 3 atom stereocenters. The van der Waals surface area contributed by atoms with Gasteiger partial charge in [-0.15, -0.1) is 0 Å². The number of aliphatic hydroxyl groups excluding tert-OH is 1. The predicted molar refractivity (Wildman–Crippen MR) is 68.5 cm³/mol. The number of ketones is 1. The van der Waals surface area contributed by atoms with Crippen LogP contribution in [-0.2, 0) is 0 Å². The van der Waals surface area contributed by atoms with Gasteiger partial charge in [-0.1, -0.05) is 24.3 Å². The first-order valence-corrected chi connectivity index (χ1v) is 6.51. The van der Waals surface area contributed by atoms with Gasteiger partial charge in [-0.2, -0.15) is 0 Å². The van der Waals surface area contributed by atoms with Gasteiger partial charge in [0, 0.05) is 24.1 Å². The Labute approximate surface area is 106 Å². The molecule has 1 unspecified atom stereocenters. The fourth-order valence-electron chi connectivity index (χ4n) is 3.06. The summed E-state index contributed by atoms with van der Waals surface area (Å²) in [5.74, 6) is 0.325. The van der Waals surface area contributed by atoms with Gasteiger partial charge in [0.2, 0.25) is 0 Å². The number of Topliss-reactive ketones (excluding diaryl/α,β-unsaturated/α-hetero) is 1. The van der Waals surface area contributed by atoms with Crippen LogP contribution in [0.5, 0.6) is 0 Å². The van der Waals surface area contributed by atoms with Gasteiger partial charge < -0.3 is 15.7 Å². The standard InChI is InChI=1S/C14H18N2O2/c17-12-7-15-6-5-11(12)14-10-4-2-1-3-9(10)13(18)8-16-14/h1-4,11-12,14-17H,5-8H2/t11-,12-,14?/m0/s1. The number of carbonyl (C=O) groups excluding carboxylic acids is 1. The van der Waals surface area contributed by atoms with E-state index in [1.54, 1.807) is 0 Å². The molecule has 2 aliphatic heterocycles. The molecule has 0 radical (unpaired) electrons. The number of carbonyl (C=O) groups is 1. The largest absolute Gasteiger partial charge is 0.391 e. The lowest BCUT2D eigenvalue weighted by molar-refractivity contribution is 0.0559. The lowest BCUT2D eigenvalue weighted by Crippen LogP contribution is -2.48. The van der Waals surface area contributed by atoms with Crippen molar-refractivity contribution in [2.75, 3.05) is 19.6 Å². The van der Waals surface area contributed by atoms with Crippen LogP contribution in [0, 0.1) is 5.92 Å². The van der Waals surface area contributed by atoms with Crippen LogP contribution in [0.4, 0.5) is 0 Å². The topological polar surface area (TPSA) is 61.4 Å². The Morgan fingerprint density at radius 2 is 2.11 bits per heavy atom. The summed E-state index contributed by atoms with van der Waals surface area (Å²) in [5, 5.41) is 16.6. The average molecular weight is 246 g/mol. The van der Waals surface area contributed by atoms with Crippen LogP contribution in [0.25, 0.3) is 0 Å². The molecule has 2 heterocycles. The Kier molecular flexibility index (Phi) is 3.16. The van der Waals surface area contributed by atoms with Gasteiger partial charge >= 0.3 is 0 Å². The van der Waals surface area contributed by atoms with Crippen molar-refractivity contribution in [2.45, 2.75) is 18.6 Å². The lowest BCUT2D eigenvalue weighted by Gasteiger charge is -2.38. The molecule has 4 heteroatoms. The number of hydrogen-bond donors (Lipinski definition) is 3. The third-order valence-corrected chi connectivity index (χ3v) is 4.01. The van der Waals surface area contributed by atoms with Gasteiger partial charge in [0.25, 0.3) is 0 Å². The van der Waals surface area contributed by atoms with E-state index in [-0.39, 0.29) is 23.8 Å². The van der Waals surface area contributed by atoms with Gasteiger partial charge in [0.05, 0.1) is 12.6 Å². The highest BCUT2D eigenvalue weighted by atomic mass is 16.3. The highest BCUT2D eigenvalue weighted by molar-refractivity contribution is 6.00. The van der Waals surface area contributed by atoms with Crippen LogP contribution in [0.2, 0.25) is 0 Å². The van der Waals surface area contributed by atoms with Gasteiger partial charge in [-0.05, 0) is 18.5 Å². The highest BCUT2D eigenvalue weighted by Gasteiger charge is 2.35. The number of fused-ring (bicyclic) bond motifs is 1. The Bertz CT molecular complexity index is 461. The molecular weight excluding hydrogens is 228 g/mol. The maximum atomic E-state index is 11.9. The molecule has 0 aliphatic carbocycles. The van der Waals surface area contributed by atoms with Crippen molar-refractivity contribution in [2.24, 2.45) is 5.92 Å². The molecule has 3 rings (SSSR count). The Balaban J connectivity index is 1.94. The first-order chi connectivity index (χ1) is 8.77. The molecule has 0 bridgehead atoms. The fraction of sp³-hybridized carbons (Fsp3) is 0.500. The summed E-state index contributed by atoms with van der Waals surface area (Å²) in [4.78, 5) is 11.9. The van der Waals surface area contributed by atoms with Gasteiger partial charge in [-0.25, -0.2) is 0 Å². The van der Waals surface area contributed by atoms with Crippen LogP contribution in [0.1, 0.15) is 28.4 Å². The minimum absolute atomic E-state index is 0.0935. The summed E-state index contributed by atoms with van der Waals surface area (Å²) in [7, 11) is 0. The van der Waals surface area contributed by atoms with Crippen LogP contribution in [-0.4, -0.2) is 36.6 Å². The zero-order valence-corrected chi connectivity index (χ0v) is 10.2. The van der Waals surface area contributed by atoms with Gasteiger partial charge in [-0.3, -0.25) is 4.79 Å². The van der Waals surface area contributed by atoms with Crippen molar-refractivity contribution in [3.63, 3.8) is 0 Å². The Morgan fingerprint density at radius 3 is 2.94 bits per heavy atom. The van der Waals surface area contributed by atoms with E-state index in [4.69, 9.17) is 0 Å². The maximum Gasteiger partial charge on any atom is 0.176 e. The van der Waals surface area contributed by atoms with Crippen LogP contribution in [0.15, 0.2) is 24.3 Å². The third kappa shape index (κ3) is 1.96. The molecule has 1 aromatic carbocycles. The lowest BCUT2D eigenvalue weighted by atomic mass is 9.80. The molecule has 1 fully saturated rings. The molecule has 0 amide bonds. The third-order valence-electron chi connectivity index (χ3n) is 4.01. The highest BCUT2D eigenvalue weighted by Crippen LogP contribution is 2.33. The molecule has 18 heavy (non-hydrogen) atoms. The van der Waals surface area contributed by atoms with Crippen molar-refractivity contribution < 1.29 is 9.90 Å². The summed E-state index contributed by atoms with van der Waals surface area (Å²) in [5.41, 5.74) is 1.85. The summed E-state index contributed by atoms with van der Waals surface area (Å²) >= 11 is 0. The van der Waals surface area contributed by atoms with E-state index in [2.05, 4.69) is 10.6 Å². The smallest absolute Gasteiger partial charge is 0.176 e. The first-order valence-electron chi connectivity index (χ1n) is 6.51. The zero-order chi connectivity index (χ0) is 12.5. The molecule has 3 N–H and O–H groups in total. The number of hydrogen-bond acceptors (Lipinski definition) is 4. The second-order valence-electron chi connectivity index (χ2n) is 5.09. The molecule has 0 aromatic heterocycles. The number of nitrogens with one attached hydrogen (secondary N) is 2. The molecule has 1 aromatic rings. The summed E-state index contributed by atoms with van der Waals surface area (Å²) < 4.78 is 0. The normalized spacial score (nSPS) is 32.1. The molecule has 0 saturated carbocycles. The van der Waals surface area contributed by atoms with Crippen molar-refractivity contribution in [1.29, 1.82) is 0 Å². The SMILES string of the molecule is O=C1CNC([C@H]2CCNC[C@@H]2O)c2ccccc21. The molecular formula is C14H18N2O2. The molecule has 2 aliphatic rings. The molecule has 96 valence electrons. The van der Waals surface area contributed by atoms with Crippen molar-refractivity contribution in [1.82, 2.24) is 10.6 Å². The Morgan fingerprint density at radius 1 is 1.28 bits per heavy atom. The number of benzene rings is 1. The van der Waals surface area contributed by atoms with Crippen LogP contribution < -0.4 is 10.6 Å². The molecule has 1 saturated heterocycles. The number of aliphatic hydroxyl groups is 1. The van der Waals surface area contributed by atoms with Crippen molar-refractivity contribution in [3.05, 3.63) is 35.4 Å². The van der Waals surface area contributed by atoms with E-state index in [0.29, 0.717) is 13.1 Å². The van der Waals surface area contributed by atoms with E-state index in [9.17, 15) is 9.90 Å². The van der Waals surface area contributed by atoms with E-state index >= 15 is 0 Å². The monoisotopic (exact) mass is 246 g/mol. The quantitative estimate of drug-likeness (QED) is 0.674. The zero-order valence-electron chi connectivity index (χ0n) is 10.2.